The van der Waals surface area contributed by atoms with E-state index in [1.807, 2.05) is 12.1 Å². The summed E-state index contributed by atoms with van der Waals surface area (Å²) in [6.07, 6.45) is 2.77. The lowest BCUT2D eigenvalue weighted by Crippen LogP contribution is -1.83. The molecular weight excluding hydrogens is 150 g/mol. The van der Waals surface area contributed by atoms with Gasteiger partial charge in [0.1, 0.15) is 7.11 Å². The van der Waals surface area contributed by atoms with Crippen LogP contribution in [0, 0.1) is 0 Å². The maximum Gasteiger partial charge on any atom is 0.106 e. The Morgan fingerprint density at radius 3 is 2.50 bits per heavy atom. The second-order valence-corrected chi connectivity index (χ2v) is 2.51. The molecular formula is C10H13NO. The Labute approximate surface area is 72.9 Å². The van der Waals surface area contributed by atoms with Gasteiger partial charge in [-0.3, -0.25) is 0 Å². The molecule has 1 rings (SSSR count). The summed E-state index contributed by atoms with van der Waals surface area (Å²) in [5.41, 5.74) is 2.40. The summed E-state index contributed by atoms with van der Waals surface area (Å²) in [4.78, 5) is 4.57. The van der Waals surface area contributed by atoms with Gasteiger partial charge in [-0.25, -0.2) is 0 Å². The summed E-state index contributed by atoms with van der Waals surface area (Å²) >= 11 is 0. The third kappa shape index (κ3) is 2.38. The topological polar surface area (TPSA) is 21.6 Å². The molecule has 0 aromatic heterocycles. The summed E-state index contributed by atoms with van der Waals surface area (Å²) in [5.74, 6) is 0. The van der Waals surface area contributed by atoms with Crippen LogP contribution in [-0.4, -0.2) is 13.3 Å². The van der Waals surface area contributed by atoms with Gasteiger partial charge in [-0.05, 0) is 17.5 Å². The molecule has 12 heavy (non-hydrogen) atoms. The predicted molar refractivity (Wildman–Crippen MR) is 50.4 cm³/mol. The van der Waals surface area contributed by atoms with E-state index < -0.39 is 0 Å². The average molecular weight is 163 g/mol. The first-order chi connectivity index (χ1) is 5.86. The van der Waals surface area contributed by atoms with E-state index in [0.29, 0.717) is 0 Å². The molecule has 0 heterocycles. The quantitative estimate of drug-likeness (QED) is 0.494. The van der Waals surface area contributed by atoms with Gasteiger partial charge in [0, 0.05) is 0 Å². The first-order valence-corrected chi connectivity index (χ1v) is 4.02. The predicted octanol–water partition coefficient (Wildman–Crippen LogP) is 2.23. The molecule has 0 radical (unpaired) electrons. The third-order valence-corrected chi connectivity index (χ3v) is 1.70. The fourth-order valence-corrected chi connectivity index (χ4v) is 0.953. The van der Waals surface area contributed by atoms with Crippen molar-refractivity contribution < 1.29 is 4.84 Å². The number of aryl methyl sites for hydroxylation is 1. The van der Waals surface area contributed by atoms with Crippen LogP contribution in [0.4, 0.5) is 0 Å². The van der Waals surface area contributed by atoms with Crippen LogP contribution in [0.2, 0.25) is 0 Å². The van der Waals surface area contributed by atoms with Gasteiger partial charge in [0.2, 0.25) is 0 Å². The highest BCUT2D eigenvalue weighted by Gasteiger charge is 1.88. The molecule has 0 N–H and O–H groups in total. The molecule has 2 nitrogen and oxygen atoms in total. The molecule has 2 heteroatoms. The standard InChI is InChI=1S/C10H13NO/c1-3-9-4-6-10(7-5-9)8-11-12-2/h4-8H,3H2,1-2H3. The van der Waals surface area contributed by atoms with E-state index in [2.05, 4.69) is 29.0 Å². The lowest BCUT2D eigenvalue weighted by molar-refractivity contribution is 0.215. The Bertz CT molecular complexity index is 251. The molecule has 0 saturated carbocycles. The van der Waals surface area contributed by atoms with E-state index in [9.17, 15) is 0 Å². The van der Waals surface area contributed by atoms with E-state index >= 15 is 0 Å². The molecule has 0 aliphatic carbocycles. The van der Waals surface area contributed by atoms with Gasteiger partial charge in [-0.1, -0.05) is 36.3 Å². The number of benzene rings is 1. The summed E-state index contributed by atoms with van der Waals surface area (Å²) in [6.45, 7) is 2.14. The van der Waals surface area contributed by atoms with Crippen molar-refractivity contribution in [3.05, 3.63) is 35.4 Å². The highest BCUT2D eigenvalue weighted by molar-refractivity contribution is 5.79. The molecule has 1 aromatic carbocycles. The van der Waals surface area contributed by atoms with Crippen molar-refractivity contribution in [2.24, 2.45) is 5.16 Å². The van der Waals surface area contributed by atoms with Gasteiger partial charge in [0.25, 0.3) is 0 Å². The van der Waals surface area contributed by atoms with Gasteiger partial charge in [0.05, 0.1) is 6.21 Å². The van der Waals surface area contributed by atoms with Crippen molar-refractivity contribution in [2.75, 3.05) is 7.11 Å². The highest BCUT2D eigenvalue weighted by Crippen LogP contribution is 2.02. The Morgan fingerprint density at radius 1 is 1.33 bits per heavy atom. The van der Waals surface area contributed by atoms with Crippen LogP contribution in [0.25, 0.3) is 0 Å². The van der Waals surface area contributed by atoms with E-state index in [1.54, 1.807) is 6.21 Å². The fraction of sp³-hybridized carbons (Fsp3) is 0.300. The molecule has 0 aliphatic rings. The van der Waals surface area contributed by atoms with Crippen molar-refractivity contribution in [3.8, 4) is 0 Å². The summed E-state index contributed by atoms with van der Waals surface area (Å²) in [7, 11) is 1.54. The summed E-state index contributed by atoms with van der Waals surface area (Å²) in [6, 6.07) is 8.25. The SMILES string of the molecule is CCc1ccc(C=NOC)cc1. The van der Waals surface area contributed by atoms with Crippen LogP contribution < -0.4 is 0 Å². The second-order valence-electron chi connectivity index (χ2n) is 2.51. The van der Waals surface area contributed by atoms with Crippen LogP contribution in [0.3, 0.4) is 0 Å². The van der Waals surface area contributed by atoms with Crippen LogP contribution in [-0.2, 0) is 11.3 Å². The zero-order chi connectivity index (χ0) is 8.81. The van der Waals surface area contributed by atoms with Gasteiger partial charge in [-0.15, -0.1) is 0 Å². The largest absolute Gasteiger partial charge is 0.399 e. The van der Waals surface area contributed by atoms with Crippen molar-refractivity contribution in [1.82, 2.24) is 0 Å². The minimum absolute atomic E-state index is 1.06. The Kier molecular flexibility index (Phi) is 3.33. The van der Waals surface area contributed by atoms with Crippen LogP contribution >= 0.6 is 0 Å². The molecule has 0 fully saturated rings. The molecule has 0 aliphatic heterocycles. The van der Waals surface area contributed by atoms with Crippen LogP contribution in [0.15, 0.2) is 29.4 Å². The Morgan fingerprint density at radius 2 is 2.00 bits per heavy atom. The zero-order valence-corrected chi connectivity index (χ0v) is 7.45. The summed E-state index contributed by atoms with van der Waals surface area (Å²) in [5, 5.41) is 3.67. The molecule has 0 atom stereocenters. The number of rotatable bonds is 3. The van der Waals surface area contributed by atoms with Crippen molar-refractivity contribution in [1.29, 1.82) is 0 Å². The number of oxime groups is 1. The number of hydrogen-bond acceptors (Lipinski definition) is 2. The lowest BCUT2D eigenvalue weighted by atomic mass is 10.1. The average Bonchev–Trinajstić information content (AvgIpc) is 2.15. The summed E-state index contributed by atoms with van der Waals surface area (Å²) < 4.78 is 0. The molecule has 0 saturated heterocycles. The maximum absolute atomic E-state index is 4.57. The first kappa shape index (κ1) is 8.78. The number of hydrogen-bond donors (Lipinski definition) is 0. The molecule has 64 valence electrons. The van der Waals surface area contributed by atoms with E-state index in [-0.39, 0.29) is 0 Å². The Hall–Kier alpha value is -1.31. The lowest BCUT2D eigenvalue weighted by Gasteiger charge is -1.95. The Balaban J connectivity index is 2.71. The minimum atomic E-state index is 1.06. The van der Waals surface area contributed by atoms with Crippen molar-refractivity contribution >= 4 is 6.21 Å². The molecule has 1 aromatic rings. The molecule has 0 unspecified atom stereocenters. The zero-order valence-electron chi connectivity index (χ0n) is 7.45. The highest BCUT2D eigenvalue weighted by atomic mass is 16.6. The van der Waals surface area contributed by atoms with E-state index in [0.717, 1.165) is 12.0 Å². The van der Waals surface area contributed by atoms with Gasteiger partial charge in [0.15, 0.2) is 0 Å². The smallest absolute Gasteiger partial charge is 0.106 e. The molecule has 0 amide bonds. The minimum Gasteiger partial charge on any atom is -0.399 e. The van der Waals surface area contributed by atoms with E-state index in [4.69, 9.17) is 0 Å². The normalized spacial score (nSPS) is 10.5. The molecule has 0 bridgehead atoms. The first-order valence-electron chi connectivity index (χ1n) is 4.02. The van der Waals surface area contributed by atoms with Crippen molar-refractivity contribution in [2.45, 2.75) is 13.3 Å². The van der Waals surface area contributed by atoms with Gasteiger partial charge >= 0.3 is 0 Å². The monoisotopic (exact) mass is 163 g/mol. The molecule has 0 spiro atoms. The van der Waals surface area contributed by atoms with Crippen LogP contribution in [0.1, 0.15) is 18.1 Å². The van der Waals surface area contributed by atoms with Crippen LogP contribution in [0.5, 0.6) is 0 Å². The fourth-order valence-electron chi connectivity index (χ4n) is 0.953. The maximum atomic E-state index is 4.57. The van der Waals surface area contributed by atoms with Crippen molar-refractivity contribution in [3.63, 3.8) is 0 Å². The third-order valence-electron chi connectivity index (χ3n) is 1.70. The van der Waals surface area contributed by atoms with Gasteiger partial charge < -0.3 is 4.84 Å². The van der Waals surface area contributed by atoms with E-state index in [1.165, 1.54) is 12.7 Å². The number of nitrogens with zero attached hydrogens (tertiary/aromatic N) is 1. The second kappa shape index (κ2) is 4.54. The van der Waals surface area contributed by atoms with Gasteiger partial charge in [-0.2, -0.15) is 0 Å².